The van der Waals surface area contributed by atoms with Crippen molar-refractivity contribution in [2.75, 3.05) is 0 Å². The van der Waals surface area contributed by atoms with Crippen molar-refractivity contribution in [1.82, 2.24) is 0 Å². The van der Waals surface area contributed by atoms with Crippen LogP contribution in [-0.2, 0) is 0 Å². The predicted octanol–water partition coefficient (Wildman–Crippen LogP) is 7.96. The van der Waals surface area contributed by atoms with Gasteiger partial charge in [0.1, 0.15) is 0 Å². The van der Waals surface area contributed by atoms with Crippen molar-refractivity contribution in [2.24, 2.45) is 34.0 Å². The Hall–Kier alpha value is 0. The lowest BCUT2D eigenvalue weighted by Crippen LogP contribution is -2.30. The second-order valence-corrected chi connectivity index (χ2v) is 10.5. The van der Waals surface area contributed by atoms with E-state index < -0.39 is 0 Å². The fraction of sp³-hybridized carbons (Fsp3) is 1.00. The summed E-state index contributed by atoms with van der Waals surface area (Å²) in [7, 11) is 0. The first-order valence-electron chi connectivity index (χ1n) is 9.74. The third kappa shape index (κ3) is 7.51. The van der Waals surface area contributed by atoms with Crippen molar-refractivity contribution in [2.45, 2.75) is 108 Å². The molecule has 0 heterocycles. The van der Waals surface area contributed by atoms with Gasteiger partial charge in [0.2, 0.25) is 0 Å². The van der Waals surface area contributed by atoms with Crippen molar-refractivity contribution < 1.29 is 0 Å². The molecule has 0 atom stereocenters. The maximum Gasteiger partial charge on any atom is -0.0302 e. The second kappa shape index (κ2) is 8.20. The molecule has 0 aromatic heterocycles. The minimum Gasteiger partial charge on any atom is -0.0623 e. The zero-order valence-corrected chi connectivity index (χ0v) is 17.8. The lowest BCUT2D eigenvalue weighted by atomic mass is 9.64. The van der Waals surface area contributed by atoms with E-state index in [1.165, 1.54) is 32.1 Å². The van der Waals surface area contributed by atoms with Gasteiger partial charge in [-0.2, -0.15) is 0 Å². The Labute approximate surface area is 142 Å². The molecule has 0 heteroatoms. The molecule has 2 rings (SSSR count). The van der Waals surface area contributed by atoms with Crippen LogP contribution in [0.15, 0.2) is 0 Å². The van der Waals surface area contributed by atoms with Crippen molar-refractivity contribution in [1.29, 1.82) is 0 Å². The molecule has 0 nitrogen and oxygen atoms in total. The van der Waals surface area contributed by atoms with Gasteiger partial charge in [-0.1, -0.05) is 82.6 Å². The Balaban J connectivity index is 0.000000302. The Bertz CT molecular complexity index is 283. The highest BCUT2D eigenvalue weighted by Crippen LogP contribution is 2.51. The monoisotopic (exact) mass is 310 g/mol. The van der Waals surface area contributed by atoms with Crippen LogP contribution in [0.4, 0.5) is 0 Å². The summed E-state index contributed by atoms with van der Waals surface area (Å²) in [6, 6.07) is 0. The van der Waals surface area contributed by atoms with Gasteiger partial charge < -0.3 is 0 Å². The highest BCUT2D eigenvalue weighted by atomic mass is 14.4. The average Bonchev–Trinajstić information content (AvgIpc) is 3.06. The third-order valence-electron chi connectivity index (χ3n) is 7.05. The van der Waals surface area contributed by atoms with Crippen LogP contribution < -0.4 is 0 Å². The van der Waals surface area contributed by atoms with E-state index in [9.17, 15) is 0 Å². The van der Waals surface area contributed by atoms with Crippen LogP contribution >= 0.6 is 0 Å². The molecule has 0 radical (unpaired) electrons. The Morgan fingerprint density at radius 2 is 0.909 bits per heavy atom. The first-order valence-corrected chi connectivity index (χ1v) is 9.74. The van der Waals surface area contributed by atoms with E-state index >= 15 is 0 Å². The van der Waals surface area contributed by atoms with E-state index in [1.54, 1.807) is 0 Å². The van der Waals surface area contributed by atoms with Crippen LogP contribution in [0.25, 0.3) is 0 Å². The fourth-order valence-electron chi connectivity index (χ4n) is 2.09. The zero-order chi connectivity index (χ0) is 17.8. The van der Waals surface area contributed by atoms with Crippen LogP contribution in [0.3, 0.4) is 0 Å². The largest absolute Gasteiger partial charge is 0.0623 e. The summed E-state index contributed by atoms with van der Waals surface area (Å²) in [6.45, 7) is 25.4. The summed E-state index contributed by atoms with van der Waals surface area (Å²) < 4.78 is 0. The molecule has 0 aliphatic heterocycles. The topological polar surface area (TPSA) is 0 Å². The first kappa shape index (κ1) is 22.0. The molecule has 0 unspecified atom stereocenters. The number of hydrogen-bond acceptors (Lipinski definition) is 0. The van der Waals surface area contributed by atoms with Gasteiger partial charge in [-0.05, 0) is 59.7 Å². The lowest BCUT2D eigenvalue weighted by molar-refractivity contribution is 0.0934. The fourth-order valence-corrected chi connectivity index (χ4v) is 2.09. The third-order valence-corrected chi connectivity index (χ3v) is 7.05. The van der Waals surface area contributed by atoms with Crippen LogP contribution in [0.5, 0.6) is 0 Å². The number of hydrogen-bond donors (Lipinski definition) is 0. The molecule has 0 aromatic carbocycles. The maximum absolute atomic E-state index is 2.40. The van der Waals surface area contributed by atoms with Gasteiger partial charge in [-0.25, -0.2) is 0 Å². The molecule has 2 aliphatic carbocycles. The Morgan fingerprint density at radius 1 is 0.636 bits per heavy atom. The smallest absolute Gasteiger partial charge is 0.0302 e. The van der Waals surface area contributed by atoms with Gasteiger partial charge >= 0.3 is 0 Å². The van der Waals surface area contributed by atoms with Crippen LogP contribution in [0, 0.1) is 34.0 Å². The first-order chi connectivity index (χ1) is 9.74. The molecular weight excluding hydrogens is 264 g/mol. The van der Waals surface area contributed by atoms with Crippen molar-refractivity contribution in [3.8, 4) is 0 Å². The summed E-state index contributed by atoms with van der Waals surface area (Å²) in [5, 5.41) is 0. The molecule has 2 saturated carbocycles. The minimum atomic E-state index is 0.500. The quantitative estimate of drug-likeness (QED) is 0.485. The van der Waals surface area contributed by atoms with Gasteiger partial charge in [0.25, 0.3) is 0 Å². The van der Waals surface area contributed by atoms with Crippen molar-refractivity contribution in [3.05, 3.63) is 0 Å². The van der Waals surface area contributed by atoms with Gasteiger partial charge in [-0.15, -0.1) is 0 Å². The minimum absolute atomic E-state index is 0.500. The summed E-state index contributed by atoms with van der Waals surface area (Å²) in [5.41, 5.74) is 1.97. The second-order valence-electron chi connectivity index (χ2n) is 10.5. The summed E-state index contributed by atoms with van der Waals surface area (Å²) in [5.74, 6) is 2.61. The van der Waals surface area contributed by atoms with Crippen LogP contribution in [0.2, 0.25) is 0 Å². The van der Waals surface area contributed by atoms with Crippen LogP contribution in [0.1, 0.15) is 108 Å². The van der Waals surface area contributed by atoms with E-state index in [4.69, 9.17) is 0 Å². The molecule has 22 heavy (non-hydrogen) atoms. The highest BCUT2D eigenvalue weighted by Gasteiger charge is 2.39. The number of rotatable bonds is 2. The SMILES string of the molecule is CC(C)C(C)(C)C.CC(C)C1(C)CC1.CC(C)C1(C)CCC1. The van der Waals surface area contributed by atoms with E-state index in [1.807, 2.05) is 0 Å². The van der Waals surface area contributed by atoms with Crippen LogP contribution in [-0.4, -0.2) is 0 Å². The molecule has 2 fully saturated rings. The van der Waals surface area contributed by atoms with Gasteiger partial charge in [0.15, 0.2) is 0 Å². The molecule has 0 N–H and O–H groups in total. The van der Waals surface area contributed by atoms with Gasteiger partial charge in [0, 0.05) is 0 Å². The summed E-state index contributed by atoms with van der Waals surface area (Å²) in [6.07, 6.45) is 7.32. The molecule has 134 valence electrons. The van der Waals surface area contributed by atoms with Crippen molar-refractivity contribution >= 4 is 0 Å². The van der Waals surface area contributed by atoms with Gasteiger partial charge in [0.05, 0.1) is 0 Å². The van der Waals surface area contributed by atoms with E-state index in [0.717, 1.165) is 28.6 Å². The maximum atomic E-state index is 2.40. The molecule has 2 aliphatic rings. The van der Waals surface area contributed by atoms with E-state index in [-0.39, 0.29) is 0 Å². The van der Waals surface area contributed by atoms with Crippen molar-refractivity contribution in [3.63, 3.8) is 0 Å². The standard InChI is InChI=1S/C8H16.C7H14.C7H16/c1-7(2)8(3)5-4-6-8;1-6(2)7(3)4-5-7;1-6(2)7(3,4)5/h7H,4-6H2,1-3H3;6H,4-5H2,1-3H3;6H,1-5H3. The Morgan fingerprint density at radius 3 is 0.909 bits per heavy atom. The molecule has 0 bridgehead atoms. The van der Waals surface area contributed by atoms with E-state index in [0.29, 0.717) is 5.41 Å². The molecule has 0 amide bonds. The lowest BCUT2D eigenvalue weighted by Gasteiger charge is -2.42. The normalized spacial score (nSPS) is 21.5. The Kier molecular flexibility index (Phi) is 8.20. The summed E-state index contributed by atoms with van der Waals surface area (Å²) in [4.78, 5) is 0. The predicted molar refractivity (Wildman–Crippen MR) is 103 cm³/mol. The molecule has 0 spiro atoms. The molecular formula is C22H46. The summed E-state index contributed by atoms with van der Waals surface area (Å²) >= 11 is 0. The van der Waals surface area contributed by atoms with Gasteiger partial charge in [-0.3, -0.25) is 0 Å². The average molecular weight is 311 g/mol. The zero-order valence-electron chi connectivity index (χ0n) is 17.8. The molecule has 0 saturated heterocycles. The highest BCUT2D eigenvalue weighted by molar-refractivity contribution is 4.90. The molecule has 0 aromatic rings. The van der Waals surface area contributed by atoms with E-state index in [2.05, 4.69) is 76.2 Å².